The van der Waals surface area contributed by atoms with Crippen LogP contribution in [-0.2, 0) is 0 Å². The Kier molecular flexibility index (Phi) is 4.09. The van der Waals surface area contributed by atoms with E-state index >= 15 is 0 Å². The number of pyridine rings is 1. The van der Waals surface area contributed by atoms with Crippen LogP contribution in [0.2, 0.25) is 0 Å². The lowest BCUT2D eigenvalue weighted by Gasteiger charge is -2.28. The van der Waals surface area contributed by atoms with Gasteiger partial charge >= 0.3 is 0 Å². The maximum absolute atomic E-state index is 11.9. The molecule has 1 aromatic rings. The molecule has 0 aromatic carbocycles. The van der Waals surface area contributed by atoms with Crippen molar-refractivity contribution in [1.82, 2.24) is 15.6 Å². The second kappa shape index (κ2) is 5.77. The Labute approximate surface area is 102 Å². The average molecular weight is 233 g/mol. The van der Waals surface area contributed by atoms with E-state index in [1.165, 1.54) is 0 Å². The number of rotatable bonds is 3. The third kappa shape index (κ3) is 3.27. The number of nitrogens with zero attached hydrogens (tertiary/aromatic N) is 1. The standard InChI is InChI=1S/C13H19N3O/c1-14-11-2-4-12(5-3-11)16-13(17)10-6-8-15-9-7-10/h6-9,11-12,14H,2-5H2,1H3,(H,16,17). The van der Waals surface area contributed by atoms with Crippen molar-refractivity contribution in [3.8, 4) is 0 Å². The van der Waals surface area contributed by atoms with Gasteiger partial charge in [-0.3, -0.25) is 9.78 Å². The quantitative estimate of drug-likeness (QED) is 0.828. The van der Waals surface area contributed by atoms with Gasteiger partial charge in [0.2, 0.25) is 0 Å². The van der Waals surface area contributed by atoms with Crippen molar-refractivity contribution in [2.45, 2.75) is 37.8 Å². The summed E-state index contributed by atoms with van der Waals surface area (Å²) in [4.78, 5) is 15.8. The molecule has 0 spiro atoms. The molecule has 1 fully saturated rings. The van der Waals surface area contributed by atoms with Crippen LogP contribution in [0.1, 0.15) is 36.0 Å². The van der Waals surface area contributed by atoms with E-state index in [9.17, 15) is 4.79 Å². The topological polar surface area (TPSA) is 54.0 Å². The first-order valence-electron chi connectivity index (χ1n) is 6.17. The molecule has 0 saturated heterocycles. The van der Waals surface area contributed by atoms with Crippen LogP contribution in [-0.4, -0.2) is 30.0 Å². The van der Waals surface area contributed by atoms with Gasteiger partial charge in [-0.1, -0.05) is 0 Å². The number of carbonyl (C=O) groups excluding carboxylic acids is 1. The van der Waals surface area contributed by atoms with Gasteiger partial charge in [-0.25, -0.2) is 0 Å². The van der Waals surface area contributed by atoms with Crippen LogP contribution in [0.15, 0.2) is 24.5 Å². The number of hydrogen-bond donors (Lipinski definition) is 2. The van der Waals surface area contributed by atoms with Gasteiger partial charge in [0, 0.05) is 30.0 Å². The predicted octanol–water partition coefficient (Wildman–Crippen LogP) is 1.34. The molecule has 1 aromatic heterocycles. The van der Waals surface area contributed by atoms with Crippen molar-refractivity contribution in [1.29, 1.82) is 0 Å². The predicted molar refractivity (Wildman–Crippen MR) is 66.8 cm³/mol. The maximum atomic E-state index is 11.9. The molecule has 2 rings (SSSR count). The number of hydrogen-bond acceptors (Lipinski definition) is 3. The van der Waals surface area contributed by atoms with Gasteiger partial charge in [0.25, 0.3) is 5.91 Å². The Morgan fingerprint density at radius 2 is 1.76 bits per heavy atom. The van der Waals surface area contributed by atoms with Crippen molar-refractivity contribution in [3.63, 3.8) is 0 Å². The van der Waals surface area contributed by atoms with E-state index < -0.39 is 0 Å². The largest absolute Gasteiger partial charge is 0.349 e. The molecule has 1 aliphatic carbocycles. The van der Waals surface area contributed by atoms with E-state index in [1.54, 1.807) is 24.5 Å². The monoisotopic (exact) mass is 233 g/mol. The summed E-state index contributed by atoms with van der Waals surface area (Å²) >= 11 is 0. The average Bonchev–Trinajstić information content (AvgIpc) is 2.40. The van der Waals surface area contributed by atoms with Crippen molar-refractivity contribution in [3.05, 3.63) is 30.1 Å². The van der Waals surface area contributed by atoms with E-state index in [-0.39, 0.29) is 5.91 Å². The van der Waals surface area contributed by atoms with Crippen LogP contribution in [0, 0.1) is 0 Å². The summed E-state index contributed by atoms with van der Waals surface area (Å²) in [5.41, 5.74) is 0.690. The Bertz CT molecular complexity index is 358. The third-order valence-corrected chi connectivity index (χ3v) is 3.41. The zero-order chi connectivity index (χ0) is 12.1. The van der Waals surface area contributed by atoms with Crippen molar-refractivity contribution >= 4 is 5.91 Å². The molecule has 1 aliphatic rings. The van der Waals surface area contributed by atoms with Gasteiger partial charge in [-0.2, -0.15) is 0 Å². The highest BCUT2D eigenvalue weighted by Crippen LogP contribution is 2.18. The Morgan fingerprint density at radius 3 is 2.35 bits per heavy atom. The molecular weight excluding hydrogens is 214 g/mol. The van der Waals surface area contributed by atoms with Gasteiger partial charge in [0.1, 0.15) is 0 Å². The molecule has 0 unspecified atom stereocenters. The molecule has 2 N–H and O–H groups in total. The number of aromatic nitrogens is 1. The Hall–Kier alpha value is -1.42. The maximum Gasteiger partial charge on any atom is 0.251 e. The lowest BCUT2D eigenvalue weighted by molar-refractivity contribution is 0.0924. The lowest BCUT2D eigenvalue weighted by Crippen LogP contribution is -2.41. The number of amides is 1. The van der Waals surface area contributed by atoms with Crippen LogP contribution in [0.25, 0.3) is 0 Å². The van der Waals surface area contributed by atoms with Crippen molar-refractivity contribution in [2.75, 3.05) is 7.05 Å². The summed E-state index contributed by atoms with van der Waals surface area (Å²) in [6.45, 7) is 0. The van der Waals surface area contributed by atoms with E-state index in [0.29, 0.717) is 17.6 Å². The highest BCUT2D eigenvalue weighted by Gasteiger charge is 2.21. The fourth-order valence-corrected chi connectivity index (χ4v) is 2.30. The highest BCUT2D eigenvalue weighted by molar-refractivity contribution is 5.94. The van der Waals surface area contributed by atoms with Crippen molar-refractivity contribution in [2.24, 2.45) is 0 Å². The van der Waals surface area contributed by atoms with Gasteiger partial charge in [0.15, 0.2) is 0 Å². The van der Waals surface area contributed by atoms with Crippen LogP contribution in [0.3, 0.4) is 0 Å². The zero-order valence-electron chi connectivity index (χ0n) is 10.1. The summed E-state index contributed by atoms with van der Waals surface area (Å²) in [6.07, 6.45) is 7.68. The molecule has 4 heteroatoms. The van der Waals surface area contributed by atoms with Gasteiger partial charge < -0.3 is 10.6 Å². The molecule has 92 valence electrons. The minimum absolute atomic E-state index is 0.0142. The fraction of sp³-hybridized carbons (Fsp3) is 0.538. The normalized spacial score (nSPS) is 24.3. The van der Waals surface area contributed by atoms with E-state index in [4.69, 9.17) is 0 Å². The molecule has 17 heavy (non-hydrogen) atoms. The fourth-order valence-electron chi connectivity index (χ4n) is 2.30. The smallest absolute Gasteiger partial charge is 0.251 e. The molecule has 0 radical (unpaired) electrons. The SMILES string of the molecule is CNC1CCC(NC(=O)c2ccncc2)CC1. The molecule has 0 bridgehead atoms. The molecule has 1 amide bonds. The van der Waals surface area contributed by atoms with Crippen LogP contribution in [0.4, 0.5) is 0 Å². The summed E-state index contributed by atoms with van der Waals surface area (Å²) in [5.74, 6) is 0.0142. The first-order chi connectivity index (χ1) is 8.29. The zero-order valence-corrected chi connectivity index (χ0v) is 10.1. The molecule has 1 heterocycles. The van der Waals surface area contributed by atoms with E-state index in [1.807, 2.05) is 7.05 Å². The van der Waals surface area contributed by atoms with E-state index in [0.717, 1.165) is 25.7 Å². The summed E-state index contributed by atoms with van der Waals surface area (Å²) in [6, 6.07) is 4.42. The molecule has 0 aliphatic heterocycles. The first-order valence-corrected chi connectivity index (χ1v) is 6.17. The highest BCUT2D eigenvalue weighted by atomic mass is 16.1. The molecular formula is C13H19N3O. The van der Waals surface area contributed by atoms with E-state index in [2.05, 4.69) is 15.6 Å². The Morgan fingerprint density at radius 1 is 1.18 bits per heavy atom. The summed E-state index contributed by atoms with van der Waals surface area (Å²) < 4.78 is 0. The third-order valence-electron chi connectivity index (χ3n) is 3.41. The summed E-state index contributed by atoms with van der Waals surface area (Å²) in [7, 11) is 2.00. The number of carbonyl (C=O) groups is 1. The molecule has 0 atom stereocenters. The first kappa shape index (κ1) is 12.0. The minimum atomic E-state index is 0.0142. The van der Waals surface area contributed by atoms with Crippen LogP contribution in [0.5, 0.6) is 0 Å². The van der Waals surface area contributed by atoms with Crippen molar-refractivity contribution < 1.29 is 4.79 Å². The van der Waals surface area contributed by atoms with Crippen LogP contribution >= 0.6 is 0 Å². The van der Waals surface area contributed by atoms with Gasteiger partial charge in [0.05, 0.1) is 0 Å². The van der Waals surface area contributed by atoms with Gasteiger partial charge in [-0.15, -0.1) is 0 Å². The molecule has 4 nitrogen and oxygen atoms in total. The second-order valence-electron chi connectivity index (χ2n) is 4.55. The summed E-state index contributed by atoms with van der Waals surface area (Å²) in [5, 5.41) is 6.37. The Balaban J connectivity index is 1.84. The lowest BCUT2D eigenvalue weighted by atomic mass is 9.91. The van der Waals surface area contributed by atoms with Crippen LogP contribution < -0.4 is 10.6 Å². The second-order valence-corrected chi connectivity index (χ2v) is 4.55. The number of nitrogens with one attached hydrogen (secondary N) is 2. The van der Waals surface area contributed by atoms with Gasteiger partial charge in [-0.05, 0) is 44.9 Å². The minimum Gasteiger partial charge on any atom is -0.349 e. The molecule has 1 saturated carbocycles.